The smallest absolute Gasteiger partial charge is 0.244 e. The van der Waals surface area contributed by atoms with Crippen molar-refractivity contribution in [2.45, 2.75) is 5.16 Å². The van der Waals surface area contributed by atoms with E-state index in [0.29, 0.717) is 22.4 Å². The molecule has 9 heteroatoms. The van der Waals surface area contributed by atoms with Gasteiger partial charge in [-0.05, 0) is 23.6 Å². The van der Waals surface area contributed by atoms with Crippen molar-refractivity contribution < 1.29 is 9.59 Å². The van der Waals surface area contributed by atoms with Crippen LogP contribution in [-0.4, -0.2) is 39.3 Å². The van der Waals surface area contributed by atoms with E-state index in [2.05, 4.69) is 20.5 Å². The second kappa shape index (κ2) is 6.69. The zero-order valence-corrected chi connectivity index (χ0v) is 14.6. The third kappa shape index (κ3) is 3.28. The summed E-state index contributed by atoms with van der Waals surface area (Å²) in [5, 5.41) is 12.2. The van der Waals surface area contributed by atoms with Gasteiger partial charge in [0.1, 0.15) is 6.54 Å². The average molecular weight is 371 g/mol. The molecule has 2 aromatic heterocycles. The molecule has 0 fully saturated rings. The number of aromatic amines is 1. The standard InChI is InChI=1S/C16H13N5O2S2/c22-13-8-21(11-5-2-1-4-10(11)17-13)14(23)9-25-16-18-15(19-20-16)12-6-3-7-24-12/h1-7H,8-9H2,(H,17,22)(H,18,19,20). The molecular formula is C16H13N5O2S2. The van der Waals surface area contributed by atoms with Gasteiger partial charge in [0.05, 0.1) is 22.0 Å². The first-order chi connectivity index (χ1) is 12.2. The van der Waals surface area contributed by atoms with Gasteiger partial charge in [0.2, 0.25) is 17.0 Å². The lowest BCUT2D eigenvalue weighted by molar-refractivity contribution is -0.120. The third-order valence-corrected chi connectivity index (χ3v) is 5.32. The zero-order valence-electron chi connectivity index (χ0n) is 12.9. The van der Waals surface area contributed by atoms with Crippen LogP contribution in [0.15, 0.2) is 46.9 Å². The van der Waals surface area contributed by atoms with Crippen molar-refractivity contribution in [2.24, 2.45) is 0 Å². The second-order valence-electron chi connectivity index (χ2n) is 5.28. The Hall–Kier alpha value is -2.65. The molecule has 2 amide bonds. The highest BCUT2D eigenvalue weighted by molar-refractivity contribution is 7.99. The van der Waals surface area contributed by atoms with Gasteiger partial charge < -0.3 is 10.2 Å². The minimum absolute atomic E-state index is 0.0187. The normalized spacial score (nSPS) is 13.4. The summed E-state index contributed by atoms with van der Waals surface area (Å²) in [7, 11) is 0. The van der Waals surface area contributed by atoms with E-state index in [1.807, 2.05) is 35.7 Å². The summed E-state index contributed by atoms with van der Waals surface area (Å²) < 4.78 is 0. The van der Waals surface area contributed by atoms with Crippen molar-refractivity contribution in [3.63, 3.8) is 0 Å². The van der Waals surface area contributed by atoms with Crippen molar-refractivity contribution in [1.82, 2.24) is 15.2 Å². The predicted molar refractivity (Wildman–Crippen MR) is 97.8 cm³/mol. The summed E-state index contributed by atoms with van der Waals surface area (Å²) in [4.78, 5) is 31.3. The van der Waals surface area contributed by atoms with Gasteiger partial charge in [-0.25, -0.2) is 4.98 Å². The number of thioether (sulfide) groups is 1. The number of hydrogen-bond acceptors (Lipinski definition) is 6. The van der Waals surface area contributed by atoms with Crippen molar-refractivity contribution in [1.29, 1.82) is 0 Å². The largest absolute Gasteiger partial charge is 0.323 e. The van der Waals surface area contributed by atoms with Gasteiger partial charge in [0.15, 0.2) is 5.82 Å². The van der Waals surface area contributed by atoms with Crippen LogP contribution < -0.4 is 10.2 Å². The Balaban J connectivity index is 1.45. The van der Waals surface area contributed by atoms with E-state index in [0.717, 1.165) is 4.88 Å². The molecule has 25 heavy (non-hydrogen) atoms. The van der Waals surface area contributed by atoms with E-state index in [1.54, 1.807) is 17.4 Å². The Morgan fingerprint density at radius 3 is 3.00 bits per heavy atom. The first-order valence-corrected chi connectivity index (χ1v) is 9.35. The van der Waals surface area contributed by atoms with Crippen molar-refractivity contribution in [3.8, 4) is 10.7 Å². The van der Waals surface area contributed by atoms with Crippen LogP contribution in [0.2, 0.25) is 0 Å². The summed E-state index contributed by atoms with van der Waals surface area (Å²) in [6.07, 6.45) is 0. The van der Waals surface area contributed by atoms with Gasteiger partial charge >= 0.3 is 0 Å². The van der Waals surface area contributed by atoms with E-state index < -0.39 is 0 Å². The number of amides is 2. The molecule has 0 bridgehead atoms. The predicted octanol–water partition coefficient (Wildman–Crippen LogP) is 2.61. The van der Waals surface area contributed by atoms with Crippen LogP contribution >= 0.6 is 23.1 Å². The highest BCUT2D eigenvalue weighted by atomic mass is 32.2. The number of aromatic nitrogens is 3. The summed E-state index contributed by atoms with van der Waals surface area (Å²) in [6, 6.07) is 11.2. The molecule has 0 saturated carbocycles. The van der Waals surface area contributed by atoms with Gasteiger partial charge in [0.25, 0.3) is 0 Å². The number of hydrogen-bond donors (Lipinski definition) is 2. The molecular weight excluding hydrogens is 358 g/mol. The van der Waals surface area contributed by atoms with Gasteiger partial charge in [-0.2, -0.15) is 0 Å². The van der Waals surface area contributed by atoms with E-state index >= 15 is 0 Å². The maximum absolute atomic E-state index is 12.6. The molecule has 0 saturated heterocycles. The number of benzene rings is 1. The topological polar surface area (TPSA) is 91.0 Å². The molecule has 0 radical (unpaired) electrons. The first-order valence-electron chi connectivity index (χ1n) is 7.49. The van der Waals surface area contributed by atoms with E-state index in [4.69, 9.17) is 0 Å². The van der Waals surface area contributed by atoms with Gasteiger partial charge in [0, 0.05) is 0 Å². The molecule has 1 aliphatic heterocycles. The Morgan fingerprint density at radius 1 is 1.28 bits per heavy atom. The molecule has 3 heterocycles. The van der Waals surface area contributed by atoms with Crippen LogP contribution in [0.5, 0.6) is 0 Å². The Labute approximate surface area is 151 Å². The average Bonchev–Trinajstić information content (AvgIpc) is 3.30. The molecule has 0 unspecified atom stereocenters. The lowest BCUT2D eigenvalue weighted by Crippen LogP contribution is -2.43. The van der Waals surface area contributed by atoms with Crippen LogP contribution in [0.25, 0.3) is 10.7 Å². The second-order valence-corrected chi connectivity index (χ2v) is 7.17. The molecule has 2 N–H and O–H groups in total. The molecule has 7 nitrogen and oxygen atoms in total. The Bertz CT molecular complexity index is 922. The van der Waals surface area contributed by atoms with Crippen LogP contribution in [0.1, 0.15) is 0 Å². The number of thiophene rings is 1. The molecule has 0 aliphatic carbocycles. The van der Waals surface area contributed by atoms with E-state index in [1.165, 1.54) is 16.7 Å². The number of nitrogens with zero attached hydrogens (tertiary/aromatic N) is 3. The number of carbonyl (C=O) groups excluding carboxylic acids is 2. The zero-order chi connectivity index (χ0) is 17.2. The molecule has 1 aliphatic rings. The quantitative estimate of drug-likeness (QED) is 0.688. The number of para-hydroxylation sites is 2. The van der Waals surface area contributed by atoms with Crippen LogP contribution in [0, 0.1) is 0 Å². The highest BCUT2D eigenvalue weighted by Crippen LogP contribution is 2.30. The number of nitrogens with one attached hydrogen (secondary N) is 2. The molecule has 0 atom stereocenters. The summed E-state index contributed by atoms with van der Waals surface area (Å²) in [5.41, 5.74) is 1.36. The number of rotatable bonds is 4. The Kier molecular flexibility index (Phi) is 4.24. The van der Waals surface area contributed by atoms with Gasteiger partial charge in [-0.3, -0.25) is 14.7 Å². The molecule has 1 aromatic carbocycles. The van der Waals surface area contributed by atoms with Crippen molar-refractivity contribution in [2.75, 3.05) is 22.5 Å². The van der Waals surface area contributed by atoms with E-state index in [9.17, 15) is 9.59 Å². The molecule has 4 rings (SSSR count). The molecule has 126 valence electrons. The van der Waals surface area contributed by atoms with Crippen molar-refractivity contribution in [3.05, 3.63) is 41.8 Å². The highest BCUT2D eigenvalue weighted by Gasteiger charge is 2.26. The maximum atomic E-state index is 12.6. The number of anilines is 2. The van der Waals surface area contributed by atoms with Crippen molar-refractivity contribution >= 4 is 46.3 Å². The van der Waals surface area contributed by atoms with Crippen LogP contribution in [-0.2, 0) is 9.59 Å². The lowest BCUT2D eigenvalue weighted by Gasteiger charge is -2.28. The summed E-state index contributed by atoms with van der Waals surface area (Å²) in [6.45, 7) is 0.0187. The monoisotopic (exact) mass is 371 g/mol. The minimum atomic E-state index is -0.199. The van der Waals surface area contributed by atoms with Crippen LogP contribution in [0.3, 0.4) is 0 Å². The fourth-order valence-electron chi connectivity index (χ4n) is 2.49. The maximum Gasteiger partial charge on any atom is 0.244 e. The van der Waals surface area contributed by atoms with Gasteiger partial charge in [-0.1, -0.05) is 30.0 Å². The fraction of sp³-hybridized carbons (Fsp3) is 0.125. The minimum Gasteiger partial charge on any atom is -0.323 e. The summed E-state index contributed by atoms with van der Waals surface area (Å²) in [5.74, 6) is 0.487. The van der Waals surface area contributed by atoms with Crippen LogP contribution in [0.4, 0.5) is 11.4 Å². The third-order valence-electron chi connectivity index (χ3n) is 3.62. The SMILES string of the molecule is O=C1CN(C(=O)CSc2n[nH]c(-c3cccs3)n2)c2ccccc2N1. The Morgan fingerprint density at radius 2 is 2.16 bits per heavy atom. The first kappa shape index (κ1) is 15.9. The molecule has 0 spiro atoms. The number of carbonyl (C=O) groups is 2. The van der Waals surface area contributed by atoms with E-state index in [-0.39, 0.29) is 24.1 Å². The number of H-pyrrole nitrogens is 1. The number of fused-ring (bicyclic) bond motifs is 1. The fourth-order valence-corrected chi connectivity index (χ4v) is 3.83. The lowest BCUT2D eigenvalue weighted by atomic mass is 10.2. The summed E-state index contributed by atoms with van der Waals surface area (Å²) >= 11 is 2.81. The van der Waals surface area contributed by atoms with Gasteiger partial charge in [-0.15, -0.1) is 16.4 Å². The molecule has 3 aromatic rings.